The van der Waals surface area contributed by atoms with Gasteiger partial charge in [0.15, 0.2) is 0 Å². The highest BCUT2D eigenvalue weighted by molar-refractivity contribution is 8.26. The van der Waals surface area contributed by atoms with Gasteiger partial charge in [-0.25, -0.2) is 4.98 Å². The Kier molecular flexibility index (Phi) is 7.29. The number of nitrogens with zero attached hydrogens (tertiary/aromatic N) is 5. The fourth-order valence-electron chi connectivity index (χ4n) is 5.20. The topological polar surface area (TPSA) is 70.4 Å². The zero-order valence-electron chi connectivity index (χ0n) is 21.0. The molecule has 0 aliphatic carbocycles. The second-order valence-corrected chi connectivity index (χ2v) is 11.4. The molecule has 5 heterocycles. The average molecular weight is 548 g/mol. The molecule has 38 heavy (non-hydrogen) atoms. The van der Waals surface area contributed by atoms with Gasteiger partial charge in [-0.15, -0.1) is 0 Å². The van der Waals surface area contributed by atoms with E-state index in [0.717, 1.165) is 52.2 Å². The first kappa shape index (κ1) is 25.2. The molecule has 0 N–H and O–H groups in total. The van der Waals surface area contributed by atoms with Gasteiger partial charge in [-0.2, -0.15) is 0 Å². The molecule has 3 fully saturated rings. The smallest absolute Gasteiger partial charge is 0.267 e. The summed E-state index contributed by atoms with van der Waals surface area (Å²) in [4.78, 5) is 38.5. The number of amides is 1. The third kappa shape index (κ3) is 5.13. The van der Waals surface area contributed by atoms with Crippen molar-refractivity contribution in [2.24, 2.45) is 0 Å². The van der Waals surface area contributed by atoms with Crippen LogP contribution in [0.1, 0.15) is 24.0 Å². The van der Waals surface area contributed by atoms with Crippen LogP contribution in [0.25, 0.3) is 11.7 Å². The van der Waals surface area contributed by atoms with Gasteiger partial charge in [0.05, 0.1) is 23.1 Å². The fraction of sp³-hybridized carbons (Fsp3) is 0.357. The number of carbonyl (C=O) groups is 1. The number of benzene rings is 1. The second kappa shape index (κ2) is 11.0. The molecule has 8 nitrogen and oxygen atoms in total. The Balaban J connectivity index is 1.29. The number of rotatable bonds is 6. The molecule has 0 unspecified atom stereocenters. The summed E-state index contributed by atoms with van der Waals surface area (Å²) in [5.74, 6) is 0.441. The van der Waals surface area contributed by atoms with E-state index in [2.05, 4.69) is 34.1 Å². The lowest BCUT2D eigenvalue weighted by Gasteiger charge is -2.36. The van der Waals surface area contributed by atoms with Gasteiger partial charge in [0, 0.05) is 45.5 Å². The summed E-state index contributed by atoms with van der Waals surface area (Å²) in [6, 6.07) is 16.0. The third-order valence-corrected chi connectivity index (χ3v) is 8.61. The van der Waals surface area contributed by atoms with E-state index in [1.54, 1.807) is 17.2 Å². The van der Waals surface area contributed by atoms with Gasteiger partial charge in [0.2, 0.25) is 0 Å². The molecule has 0 saturated carbocycles. The van der Waals surface area contributed by atoms with Gasteiger partial charge in [-0.3, -0.25) is 23.8 Å². The van der Waals surface area contributed by atoms with E-state index in [1.165, 1.54) is 21.7 Å². The molecule has 10 heteroatoms. The van der Waals surface area contributed by atoms with Crippen LogP contribution in [-0.4, -0.2) is 74.8 Å². The summed E-state index contributed by atoms with van der Waals surface area (Å²) in [7, 11) is 0. The highest BCUT2D eigenvalue weighted by atomic mass is 32.2. The standard InChI is InChI=1S/C28H29N5O3S2/c34-26-22(17-23-27(35)33(28(37)38-23)19-21-9-6-16-36-21)25(29-24-10-4-5-11-32(24)26)31-14-12-30(13-15-31)18-20-7-2-1-3-8-20/h1-5,7-8,10-11,17,21H,6,9,12-16,18-19H2/b23-17-/t21-/m0/s1. The Labute approximate surface area is 230 Å². The zero-order chi connectivity index (χ0) is 26.1. The van der Waals surface area contributed by atoms with E-state index >= 15 is 0 Å². The lowest BCUT2D eigenvalue weighted by atomic mass is 10.2. The summed E-state index contributed by atoms with van der Waals surface area (Å²) < 4.78 is 7.76. The Bertz CT molecular complexity index is 1440. The number of anilines is 1. The number of carbonyl (C=O) groups excluding carboxylic acids is 1. The lowest BCUT2D eigenvalue weighted by Crippen LogP contribution is -2.47. The summed E-state index contributed by atoms with van der Waals surface area (Å²) in [5, 5.41) is 0. The number of fused-ring (bicyclic) bond motifs is 1. The third-order valence-electron chi connectivity index (χ3n) is 7.23. The van der Waals surface area contributed by atoms with Crippen LogP contribution in [0.4, 0.5) is 5.82 Å². The van der Waals surface area contributed by atoms with Gasteiger partial charge in [-0.05, 0) is 36.6 Å². The molecule has 1 aromatic carbocycles. The van der Waals surface area contributed by atoms with Crippen LogP contribution in [-0.2, 0) is 16.1 Å². The van der Waals surface area contributed by atoms with E-state index in [-0.39, 0.29) is 17.6 Å². The summed E-state index contributed by atoms with van der Waals surface area (Å²) in [6.07, 6.45) is 5.33. The number of thiocarbonyl (C=S) groups is 1. The summed E-state index contributed by atoms with van der Waals surface area (Å²) in [6.45, 7) is 5.25. The van der Waals surface area contributed by atoms with Crippen LogP contribution in [0.3, 0.4) is 0 Å². The molecule has 0 radical (unpaired) electrons. The first-order chi connectivity index (χ1) is 18.6. The maximum atomic E-state index is 13.7. The van der Waals surface area contributed by atoms with Crippen molar-refractivity contribution < 1.29 is 9.53 Å². The molecule has 1 amide bonds. The number of piperazine rings is 1. The van der Waals surface area contributed by atoms with Crippen LogP contribution in [0.2, 0.25) is 0 Å². The van der Waals surface area contributed by atoms with E-state index in [0.29, 0.717) is 32.8 Å². The van der Waals surface area contributed by atoms with Crippen LogP contribution in [0.15, 0.2) is 64.4 Å². The average Bonchev–Trinajstić information content (AvgIpc) is 3.55. The molecule has 3 saturated heterocycles. The Morgan fingerprint density at radius 1 is 1.05 bits per heavy atom. The molecule has 0 bridgehead atoms. The highest BCUT2D eigenvalue weighted by Crippen LogP contribution is 2.34. The predicted octanol–water partition coefficient (Wildman–Crippen LogP) is 3.40. The van der Waals surface area contributed by atoms with Crippen LogP contribution < -0.4 is 10.5 Å². The Morgan fingerprint density at radius 3 is 2.61 bits per heavy atom. The Hall–Kier alpha value is -3.05. The first-order valence-corrected chi connectivity index (χ1v) is 14.2. The molecule has 2 aromatic heterocycles. The van der Waals surface area contributed by atoms with Crippen molar-refractivity contribution in [3.8, 4) is 0 Å². The molecule has 3 aliphatic heterocycles. The monoisotopic (exact) mass is 547 g/mol. The van der Waals surface area contributed by atoms with Crippen molar-refractivity contribution in [1.82, 2.24) is 19.2 Å². The number of hydrogen-bond donors (Lipinski definition) is 0. The largest absolute Gasteiger partial charge is 0.376 e. The molecule has 3 aromatic rings. The minimum absolute atomic E-state index is 0.00699. The summed E-state index contributed by atoms with van der Waals surface area (Å²) in [5.41, 5.74) is 2.10. The van der Waals surface area contributed by atoms with Crippen molar-refractivity contribution in [3.63, 3.8) is 0 Å². The Morgan fingerprint density at radius 2 is 1.84 bits per heavy atom. The van der Waals surface area contributed by atoms with Crippen LogP contribution >= 0.6 is 24.0 Å². The van der Waals surface area contributed by atoms with Gasteiger partial charge < -0.3 is 9.64 Å². The minimum atomic E-state index is -0.193. The van der Waals surface area contributed by atoms with Crippen molar-refractivity contribution in [1.29, 1.82) is 0 Å². The molecule has 6 rings (SSSR count). The van der Waals surface area contributed by atoms with E-state index < -0.39 is 0 Å². The quantitative estimate of drug-likeness (QED) is 0.344. The zero-order valence-corrected chi connectivity index (χ0v) is 22.6. The maximum absolute atomic E-state index is 13.7. The predicted molar refractivity (Wildman–Crippen MR) is 154 cm³/mol. The lowest BCUT2D eigenvalue weighted by molar-refractivity contribution is -0.123. The van der Waals surface area contributed by atoms with Crippen molar-refractivity contribution in [2.45, 2.75) is 25.5 Å². The minimum Gasteiger partial charge on any atom is -0.376 e. The molecule has 3 aliphatic rings. The number of hydrogen-bond acceptors (Lipinski definition) is 8. The van der Waals surface area contributed by atoms with E-state index in [1.807, 2.05) is 24.3 Å². The molecular weight excluding hydrogens is 518 g/mol. The van der Waals surface area contributed by atoms with Gasteiger partial charge in [-0.1, -0.05) is 60.4 Å². The molecular formula is C28H29N5O3S2. The number of ether oxygens (including phenoxy) is 1. The van der Waals surface area contributed by atoms with Crippen molar-refractivity contribution in [3.05, 3.63) is 81.1 Å². The molecule has 196 valence electrons. The highest BCUT2D eigenvalue weighted by Gasteiger charge is 2.35. The normalized spacial score (nSPS) is 21.8. The van der Waals surface area contributed by atoms with E-state index in [4.69, 9.17) is 21.9 Å². The number of thioether (sulfide) groups is 1. The summed E-state index contributed by atoms with van der Waals surface area (Å²) >= 11 is 6.78. The van der Waals surface area contributed by atoms with E-state index in [9.17, 15) is 9.59 Å². The maximum Gasteiger partial charge on any atom is 0.267 e. The first-order valence-electron chi connectivity index (χ1n) is 13.0. The SMILES string of the molecule is O=C1/C(=C/c2c(N3CCN(Cc4ccccc4)CC3)nc3ccccn3c2=O)SC(=S)N1C[C@@H]1CCCO1. The fourth-order valence-corrected chi connectivity index (χ4v) is 6.46. The van der Waals surface area contributed by atoms with Gasteiger partial charge in [0.25, 0.3) is 11.5 Å². The van der Waals surface area contributed by atoms with Crippen LogP contribution in [0.5, 0.6) is 0 Å². The molecule has 0 spiro atoms. The number of pyridine rings is 1. The van der Waals surface area contributed by atoms with Crippen molar-refractivity contribution in [2.75, 3.05) is 44.2 Å². The number of aromatic nitrogens is 2. The van der Waals surface area contributed by atoms with Crippen LogP contribution in [0, 0.1) is 0 Å². The molecule has 1 atom stereocenters. The van der Waals surface area contributed by atoms with Gasteiger partial charge in [0.1, 0.15) is 15.8 Å². The second-order valence-electron chi connectivity index (χ2n) is 9.76. The van der Waals surface area contributed by atoms with Crippen molar-refractivity contribution >= 4 is 51.7 Å². The van der Waals surface area contributed by atoms with Gasteiger partial charge >= 0.3 is 0 Å².